The molecule has 2 heterocycles. The van der Waals surface area contributed by atoms with Gasteiger partial charge in [-0.1, -0.05) is 0 Å². The van der Waals surface area contributed by atoms with Crippen molar-refractivity contribution in [3.63, 3.8) is 0 Å². The van der Waals surface area contributed by atoms with Crippen LogP contribution in [0.15, 0.2) is 0 Å². The van der Waals surface area contributed by atoms with Crippen molar-refractivity contribution in [2.24, 2.45) is 11.8 Å². The maximum atomic E-state index is 12.5. The van der Waals surface area contributed by atoms with Crippen molar-refractivity contribution in [1.29, 1.82) is 0 Å². The third kappa shape index (κ3) is 4.15. The number of carboxylic acids is 1. The van der Waals surface area contributed by atoms with Gasteiger partial charge in [-0.25, -0.2) is 0 Å². The van der Waals surface area contributed by atoms with E-state index in [1.165, 1.54) is 8.61 Å². The minimum Gasteiger partial charge on any atom is -0.481 e. The molecule has 2 fully saturated rings. The first-order valence-corrected chi connectivity index (χ1v) is 8.83. The standard InChI is InChI=1S/C13H24N2O5S/c1-14(8-11-4-3-7-20-10-11)21(18,19)15-6-2-5-12(9-15)13(16)17/h11-12H,2-10H2,1H3,(H,16,17). The first kappa shape index (κ1) is 16.7. The van der Waals surface area contributed by atoms with Crippen LogP contribution in [-0.2, 0) is 19.7 Å². The second-order valence-corrected chi connectivity index (χ2v) is 7.94. The summed E-state index contributed by atoms with van der Waals surface area (Å²) >= 11 is 0. The van der Waals surface area contributed by atoms with Gasteiger partial charge < -0.3 is 9.84 Å². The van der Waals surface area contributed by atoms with E-state index in [0.717, 1.165) is 19.4 Å². The summed E-state index contributed by atoms with van der Waals surface area (Å²) in [7, 11) is -2.02. The van der Waals surface area contributed by atoms with Crippen LogP contribution in [0, 0.1) is 11.8 Å². The zero-order chi connectivity index (χ0) is 15.5. The molecule has 2 saturated heterocycles. The Bertz CT molecular complexity index is 461. The van der Waals surface area contributed by atoms with Gasteiger partial charge >= 0.3 is 5.97 Å². The van der Waals surface area contributed by atoms with Crippen molar-refractivity contribution in [1.82, 2.24) is 8.61 Å². The molecule has 8 heteroatoms. The molecule has 2 aliphatic heterocycles. The quantitative estimate of drug-likeness (QED) is 0.791. The van der Waals surface area contributed by atoms with Crippen LogP contribution in [0.2, 0.25) is 0 Å². The molecule has 0 aromatic rings. The summed E-state index contributed by atoms with van der Waals surface area (Å²) in [5.41, 5.74) is 0. The lowest BCUT2D eigenvalue weighted by atomic mass is 10.0. The van der Waals surface area contributed by atoms with Crippen LogP contribution in [0.4, 0.5) is 0 Å². The molecule has 2 atom stereocenters. The zero-order valence-electron chi connectivity index (χ0n) is 12.4. The van der Waals surface area contributed by atoms with Crippen molar-refractivity contribution < 1.29 is 23.1 Å². The number of carboxylic acid groups (broad SMARTS) is 1. The summed E-state index contributed by atoms with van der Waals surface area (Å²) < 4.78 is 33.1. The van der Waals surface area contributed by atoms with Crippen LogP contribution in [0.25, 0.3) is 0 Å². The van der Waals surface area contributed by atoms with Gasteiger partial charge in [0.05, 0.1) is 12.5 Å². The van der Waals surface area contributed by atoms with Gasteiger partial charge in [-0.15, -0.1) is 0 Å². The van der Waals surface area contributed by atoms with E-state index < -0.39 is 22.1 Å². The van der Waals surface area contributed by atoms with Gasteiger partial charge in [-0.3, -0.25) is 4.79 Å². The van der Waals surface area contributed by atoms with Gasteiger partial charge in [0, 0.05) is 33.3 Å². The second-order valence-electron chi connectivity index (χ2n) is 5.91. The molecule has 0 spiro atoms. The molecule has 0 saturated carbocycles. The Morgan fingerprint density at radius 2 is 2.14 bits per heavy atom. The van der Waals surface area contributed by atoms with Gasteiger partial charge in [-0.2, -0.15) is 17.0 Å². The average molecular weight is 320 g/mol. The molecular weight excluding hydrogens is 296 g/mol. The fraction of sp³-hybridized carbons (Fsp3) is 0.923. The third-order valence-electron chi connectivity index (χ3n) is 4.22. The number of ether oxygens (including phenoxy) is 1. The number of carbonyl (C=O) groups is 1. The molecule has 0 amide bonds. The van der Waals surface area contributed by atoms with Gasteiger partial charge in [0.15, 0.2) is 0 Å². The average Bonchev–Trinajstić information content (AvgIpc) is 2.48. The molecule has 122 valence electrons. The molecule has 0 aromatic heterocycles. The number of nitrogens with zero attached hydrogens (tertiary/aromatic N) is 2. The van der Waals surface area contributed by atoms with Crippen LogP contribution in [0.1, 0.15) is 25.7 Å². The molecule has 21 heavy (non-hydrogen) atoms. The Labute approximate surface area is 126 Å². The fourth-order valence-electron chi connectivity index (χ4n) is 2.96. The van der Waals surface area contributed by atoms with E-state index in [1.807, 2.05) is 0 Å². The molecule has 7 nitrogen and oxygen atoms in total. The molecule has 0 aliphatic carbocycles. The Balaban J connectivity index is 1.97. The predicted octanol–water partition coefficient (Wildman–Crippen LogP) is 0.386. The summed E-state index contributed by atoms with van der Waals surface area (Å²) in [6, 6.07) is 0. The summed E-state index contributed by atoms with van der Waals surface area (Å²) in [4.78, 5) is 11.1. The Morgan fingerprint density at radius 1 is 1.38 bits per heavy atom. The van der Waals surface area contributed by atoms with Gasteiger partial charge in [0.2, 0.25) is 0 Å². The van der Waals surface area contributed by atoms with Crippen LogP contribution < -0.4 is 0 Å². The molecule has 1 N–H and O–H groups in total. The lowest BCUT2D eigenvalue weighted by Crippen LogP contribution is -2.49. The van der Waals surface area contributed by atoms with Crippen LogP contribution in [-0.4, -0.2) is 68.0 Å². The van der Waals surface area contributed by atoms with Gasteiger partial charge in [0.1, 0.15) is 0 Å². The summed E-state index contributed by atoms with van der Waals surface area (Å²) in [5.74, 6) is -1.29. The normalized spacial score (nSPS) is 28.7. The van der Waals surface area contributed by atoms with Crippen molar-refractivity contribution in [3.8, 4) is 0 Å². The molecule has 2 unspecified atom stereocenters. The number of piperidine rings is 1. The zero-order valence-corrected chi connectivity index (χ0v) is 13.2. The van der Waals surface area contributed by atoms with E-state index in [4.69, 9.17) is 9.84 Å². The highest BCUT2D eigenvalue weighted by Crippen LogP contribution is 2.22. The SMILES string of the molecule is CN(CC1CCCOC1)S(=O)(=O)N1CCCC(C(=O)O)C1. The van der Waals surface area contributed by atoms with E-state index in [0.29, 0.717) is 32.5 Å². The predicted molar refractivity (Wildman–Crippen MR) is 77.0 cm³/mol. The molecular formula is C13H24N2O5S. The van der Waals surface area contributed by atoms with Crippen molar-refractivity contribution in [2.45, 2.75) is 25.7 Å². The topological polar surface area (TPSA) is 87.2 Å². The molecule has 0 bridgehead atoms. The highest BCUT2D eigenvalue weighted by molar-refractivity contribution is 7.86. The van der Waals surface area contributed by atoms with E-state index in [1.54, 1.807) is 7.05 Å². The lowest BCUT2D eigenvalue weighted by molar-refractivity contribution is -0.142. The van der Waals surface area contributed by atoms with Crippen molar-refractivity contribution in [3.05, 3.63) is 0 Å². The van der Waals surface area contributed by atoms with E-state index in [-0.39, 0.29) is 12.5 Å². The van der Waals surface area contributed by atoms with Crippen molar-refractivity contribution in [2.75, 3.05) is 39.9 Å². The van der Waals surface area contributed by atoms with Gasteiger partial charge in [0.25, 0.3) is 10.2 Å². The van der Waals surface area contributed by atoms with Crippen molar-refractivity contribution >= 4 is 16.2 Å². The van der Waals surface area contributed by atoms with E-state index in [9.17, 15) is 13.2 Å². The molecule has 0 radical (unpaired) electrons. The summed E-state index contributed by atoms with van der Waals surface area (Å²) in [5, 5.41) is 9.07. The fourth-order valence-corrected chi connectivity index (χ4v) is 4.48. The monoisotopic (exact) mass is 320 g/mol. The second kappa shape index (κ2) is 7.04. The molecule has 2 aliphatic rings. The largest absolute Gasteiger partial charge is 0.481 e. The van der Waals surface area contributed by atoms with Crippen LogP contribution in [0.3, 0.4) is 0 Å². The summed E-state index contributed by atoms with van der Waals surface area (Å²) in [6.07, 6.45) is 3.07. The lowest BCUT2D eigenvalue weighted by Gasteiger charge is -2.34. The van der Waals surface area contributed by atoms with Crippen LogP contribution >= 0.6 is 0 Å². The first-order chi connectivity index (χ1) is 9.91. The number of aliphatic carboxylic acids is 1. The highest BCUT2D eigenvalue weighted by Gasteiger charge is 2.35. The highest BCUT2D eigenvalue weighted by atomic mass is 32.2. The van der Waals surface area contributed by atoms with E-state index in [2.05, 4.69) is 0 Å². The Hall–Kier alpha value is -0.700. The number of rotatable bonds is 5. The number of hydrogen-bond acceptors (Lipinski definition) is 4. The van der Waals surface area contributed by atoms with E-state index >= 15 is 0 Å². The maximum Gasteiger partial charge on any atom is 0.307 e. The first-order valence-electron chi connectivity index (χ1n) is 7.43. The summed E-state index contributed by atoms with van der Waals surface area (Å²) in [6.45, 7) is 2.24. The Morgan fingerprint density at radius 3 is 2.76 bits per heavy atom. The minimum absolute atomic E-state index is 0.0726. The third-order valence-corrected chi connectivity index (χ3v) is 6.14. The molecule has 2 rings (SSSR count). The smallest absolute Gasteiger partial charge is 0.307 e. The maximum absolute atomic E-state index is 12.5. The minimum atomic E-state index is -3.58. The van der Waals surface area contributed by atoms with Crippen LogP contribution in [0.5, 0.6) is 0 Å². The number of hydrogen-bond donors (Lipinski definition) is 1. The van der Waals surface area contributed by atoms with Gasteiger partial charge in [-0.05, 0) is 31.6 Å². The Kier molecular flexibility index (Phi) is 5.59. The molecule has 0 aromatic carbocycles.